The summed E-state index contributed by atoms with van der Waals surface area (Å²) in [5.74, 6) is 2.14. The molecule has 3 heterocycles. The van der Waals surface area contributed by atoms with Gasteiger partial charge in [-0.1, -0.05) is 24.3 Å². The second kappa shape index (κ2) is 9.23. The van der Waals surface area contributed by atoms with Gasteiger partial charge in [-0.25, -0.2) is 4.68 Å². The van der Waals surface area contributed by atoms with Gasteiger partial charge in [-0.3, -0.25) is 4.99 Å². The highest BCUT2D eigenvalue weighted by Crippen LogP contribution is 2.28. The average Bonchev–Trinajstić information content (AvgIpc) is 3.43. The van der Waals surface area contributed by atoms with Crippen LogP contribution in [0.2, 0.25) is 0 Å². The minimum atomic E-state index is 0.506. The topological polar surface area (TPSA) is 78.5 Å². The van der Waals surface area contributed by atoms with Gasteiger partial charge in [0.1, 0.15) is 23.0 Å². The van der Waals surface area contributed by atoms with E-state index in [2.05, 4.69) is 40.1 Å². The van der Waals surface area contributed by atoms with E-state index in [-0.39, 0.29) is 0 Å². The van der Waals surface area contributed by atoms with Crippen LogP contribution in [0, 0.1) is 0 Å². The van der Waals surface area contributed by atoms with Crippen LogP contribution in [0.15, 0.2) is 89.7 Å². The van der Waals surface area contributed by atoms with Gasteiger partial charge in [0.25, 0.3) is 0 Å². The molecule has 0 atom stereocenters. The van der Waals surface area contributed by atoms with Crippen LogP contribution in [0.5, 0.6) is 11.5 Å². The molecule has 0 bridgehead atoms. The van der Waals surface area contributed by atoms with Crippen molar-refractivity contribution in [1.29, 1.82) is 0 Å². The quantitative estimate of drug-likeness (QED) is 0.339. The van der Waals surface area contributed by atoms with Gasteiger partial charge in [0.15, 0.2) is 11.9 Å². The summed E-state index contributed by atoms with van der Waals surface area (Å²) in [4.78, 5) is 4.72. The third kappa shape index (κ3) is 4.03. The van der Waals surface area contributed by atoms with Gasteiger partial charge in [0.2, 0.25) is 5.70 Å². The number of para-hydroxylation sites is 1. The van der Waals surface area contributed by atoms with Gasteiger partial charge in [-0.15, -0.1) is 0 Å². The van der Waals surface area contributed by atoms with Crippen molar-refractivity contribution >= 4 is 23.4 Å². The Kier molecular flexibility index (Phi) is 5.82. The number of aliphatic imine (C=N–C) groups is 1. The maximum Gasteiger partial charge on any atom is 0.223 e. The molecule has 0 radical (unpaired) electrons. The molecular formula is C27H26N5O2+. The largest absolute Gasteiger partial charge is 0.497 e. The molecule has 0 fully saturated rings. The summed E-state index contributed by atoms with van der Waals surface area (Å²) in [7, 11) is 3.33. The van der Waals surface area contributed by atoms with Crippen LogP contribution < -0.4 is 19.8 Å². The number of pyridine rings is 1. The Hall–Kier alpha value is -4.39. The molecular weight excluding hydrogens is 426 g/mol. The second-order valence-electron chi connectivity index (χ2n) is 7.98. The van der Waals surface area contributed by atoms with Crippen molar-refractivity contribution in [2.75, 3.05) is 20.0 Å². The van der Waals surface area contributed by atoms with Crippen molar-refractivity contribution in [3.05, 3.63) is 102 Å². The van der Waals surface area contributed by atoms with Crippen LogP contribution >= 0.6 is 0 Å². The van der Waals surface area contributed by atoms with Crippen molar-refractivity contribution < 1.29 is 14.0 Å². The number of hydrogen-bond acceptors (Lipinski definition) is 5. The monoisotopic (exact) mass is 452 g/mol. The van der Waals surface area contributed by atoms with Crippen LogP contribution in [-0.2, 0) is 13.0 Å². The van der Waals surface area contributed by atoms with Crippen molar-refractivity contribution in [2.45, 2.75) is 13.0 Å². The first kappa shape index (κ1) is 21.5. The Balaban J connectivity index is 1.47. The first-order chi connectivity index (χ1) is 16.7. The van der Waals surface area contributed by atoms with E-state index in [0.29, 0.717) is 18.1 Å². The van der Waals surface area contributed by atoms with Gasteiger partial charge in [-0.2, -0.15) is 9.67 Å². The third-order valence-corrected chi connectivity index (χ3v) is 5.96. The maximum atomic E-state index is 6.40. The second-order valence-corrected chi connectivity index (χ2v) is 7.98. The number of nitrogens with two attached hydrogens (primary N) is 1. The summed E-state index contributed by atoms with van der Waals surface area (Å²) in [6.45, 7) is 0.506. The van der Waals surface area contributed by atoms with Crippen LogP contribution in [0.3, 0.4) is 0 Å². The smallest absolute Gasteiger partial charge is 0.223 e. The zero-order valence-corrected chi connectivity index (χ0v) is 19.2. The lowest BCUT2D eigenvalue weighted by atomic mass is 10.1. The van der Waals surface area contributed by atoms with E-state index in [1.165, 1.54) is 5.69 Å². The fourth-order valence-corrected chi connectivity index (χ4v) is 4.21. The standard InChI is InChI=1S/C27H26N5O2/c1-33-23-12-10-19(11-13-23)26-21(15-22-8-5-6-14-31(22)26)16-29-24-17-30-32(27(24)28)18-20-7-3-4-9-25(20)34-2/h3-14,16-17H,15,18,28H2,1-2H3/q+1. The molecule has 1 aliphatic heterocycles. The molecule has 2 N–H and O–H groups in total. The van der Waals surface area contributed by atoms with Crippen LogP contribution in [0.4, 0.5) is 11.5 Å². The number of aromatic nitrogens is 3. The first-order valence-corrected chi connectivity index (χ1v) is 11.0. The minimum absolute atomic E-state index is 0.506. The van der Waals surface area contributed by atoms with Crippen LogP contribution in [0.25, 0.3) is 5.70 Å². The average molecular weight is 453 g/mol. The summed E-state index contributed by atoms with van der Waals surface area (Å²) in [6.07, 6.45) is 6.45. The zero-order valence-electron chi connectivity index (χ0n) is 19.2. The van der Waals surface area contributed by atoms with Gasteiger partial charge in [0.05, 0.1) is 39.0 Å². The molecule has 0 saturated heterocycles. The van der Waals surface area contributed by atoms with E-state index in [1.807, 2.05) is 48.7 Å². The number of methoxy groups -OCH3 is 2. The molecule has 0 aliphatic carbocycles. The summed E-state index contributed by atoms with van der Waals surface area (Å²) in [6, 6.07) is 22.1. The number of anilines is 1. The summed E-state index contributed by atoms with van der Waals surface area (Å²) < 4.78 is 14.7. The van der Waals surface area contributed by atoms with E-state index < -0.39 is 0 Å². The Morgan fingerprint density at radius 1 is 1.03 bits per heavy atom. The number of allylic oxidation sites excluding steroid dienone is 1. The van der Waals surface area contributed by atoms with Crippen molar-refractivity contribution in [3.8, 4) is 11.5 Å². The summed E-state index contributed by atoms with van der Waals surface area (Å²) >= 11 is 0. The Bertz CT molecular complexity index is 1390. The molecule has 0 saturated carbocycles. The van der Waals surface area contributed by atoms with E-state index in [0.717, 1.165) is 40.3 Å². The van der Waals surface area contributed by atoms with Crippen LogP contribution in [0.1, 0.15) is 16.8 Å². The molecule has 1 aliphatic rings. The number of nitrogens with zero attached hydrogens (tertiary/aromatic N) is 4. The minimum Gasteiger partial charge on any atom is -0.497 e. The van der Waals surface area contributed by atoms with E-state index >= 15 is 0 Å². The first-order valence-electron chi connectivity index (χ1n) is 11.0. The van der Waals surface area contributed by atoms with Gasteiger partial charge < -0.3 is 15.2 Å². The van der Waals surface area contributed by atoms with Crippen molar-refractivity contribution in [3.63, 3.8) is 0 Å². The van der Waals surface area contributed by atoms with Crippen molar-refractivity contribution in [2.24, 2.45) is 4.99 Å². The lowest BCUT2D eigenvalue weighted by Crippen LogP contribution is -2.33. The SMILES string of the molecule is COc1ccc(C2=C(C=Nc3cnn(Cc4ccccc4OC)c3N)Cc3cccc[n+]32)cc1. The molecule has 0 spiro atoms. The number of rotatable bonds is 7. The lowest BCUT2D eigenvalue weighted by Gasteiger charge is -2.09. The Morgan fingerprint density at radius 2 is 1.82 bits per heavy atom. The predicted molar refractivity (Wildman–Crippen MR) is 133 cm³/mol. The molecule has 0 unspecified atom stereocenters. The molecule has 170 valence electrons. The highest BCUT2D eigenvalue weighted by molar-refractivity contribution is 5.92. The number of fused-ring (bicyclic) bond motifs is 1. The Morgan fingerprint density at radius 3 is 2.62 bits per heavy atom. The molecule has 7 nitrogen and oxygen atoms in total. The molecule has 5 rings (SSSR count). The van der Waals surface area contributed by atoms with E-state index in [4.69, 9.17) is 20.2 Å². The molecule has 7 heteroatoms. The molecule has 34 heavy (non-hydrogen) atoms. The van der Waals surface area contributed by atoms with Gasteiger partial charge >= 0.3 is 0 Å². The number of ether oxygens (including phenoxy) is 2. The number of benzene rings is 2. The van der Waals surface area contributed by atoms with Crippen LogP contribution in [-0.4, -0.2) is 30.2 Å². The normalized spacial score (nSPS) is 12.9. The van der Waals surface area contributed by atoms with E-state index in [9.17, 15) is 0 Å². The maximum absolute atomic E-state index is 6.40. The molecule has 2 aromatic heterocycles. The van der Waals surface area contributed by atoms with Gasteiger partial charge in [-0.05, 0) is 30.3 Å². The fourth-order valence-electron chi connectivity index (χ4n) is 4.21. The molecule has 2 aromatic carbocycles. The summed E-state index contributed by atoms with van der Waals surface area (Å²) in [5, 5.41) is 4.45. The fraction of sp³-hybridized carbons (Fsp3) is 0.148. The van der Waals surface area contributed by atoms with Crippen molar-refractivity contribution in [1.82, 2.24) is 9.78 Å². The van der Waals surface area contributed by atoms with Gasteiger partial charge in [0, 0.05) is 29.5 Å². The number of nitrogen functional groups attached to an aromatic ring is 1. The summed E-state index contributed by atoms with van der Waals surface area (Å²) in [5.41, 5.74) is 12.5. The number of hydrogen-bond donors (Lipinski definition) is 1. The third-order valence-electron chi connectivity index (χ3n) is 5.96. The molecule has 4 aromatic rings. The predicted octanol–water partition coefficient (Wildman–Crippen LogP) is 4.04. The van der Waals surface area contributed by atoms with E-state index in [1.54, 1.807) is 25.1 Å². The highest BCUT2D eigenvalue weighted by atomic mass is 16.5. The molecule has 0 amide bonds. The zero-order chi connectivity index (χ0) is 23.5. The lowest BCUT2D eigenvalue weighted by molar-refractivity contribution is -0.582. The highest BCUT2D eigenvalue weighted by Gasteiger charge is 2.30. The Labute approximate surface area is 198 Å².